The SMILES string of the molecule is CCCCCCCC(C)(C)Nc1c(-c2ccoc2)nc2cc(C)ccn12.Cl. The standard InChI is InChI=1S/C22H31N3O.ClH/c1-5-6-7-8-9-12-22(3,4)24-21-20(18-11-14-26-16-18)23-19-15-17(2)10-13-25(19)21;/h10-11,13-16,24H,5-9,12H2,1-4H3;1H. The first-order valence-corrected chi connectivity index (χ1v) is 9.79. The van der Waals surface area contributed by atoms with E-state index in [9.17, 15) is 0 Å². The van der Waals surface area contributed by atoms with E-state index in [1.54, 1.807) is 12.5 Å². The molecule has 0 unspecified atom stereocenters. The summed E-state index contributed by atoms with van der Waals surface area (Å²) in [6, 6.07) is 6.21. The maximum atomic E-state index is 5.30. The molecule has 1 N–H and O–H groups in total. The molecule has 0 atom stereocenters. The van der Waals surface area contributed by atoms with E-state index >= 15 is 0 Å². The summed E-state index contributed by atoms with van der Waals surface area (Å²) >= 11 is 0. The number of anilines is 1. The Labute approximate surface area is 168 Å². The van der Waals surface area contributed by atoms with Gasteiger partial charge in [0.1, 0.15) is 17.2 Å². The fourth-order valence-corrected chi connectivity index (χ4v) is 3.42. The number of rotatable bonds is 9. The molecule has 3 aromatic heterocycles. The molecule has 0 saturated carbocycles. The van der Waals surface area contributed by atoms with Gasteiger partial charge in [0, 0.05) is 17.3 Å². The number of hydrogen-bond acceptors (Lipinski definition) is 3. The van der Waals surface area contributed by atoms with Crippen LogP contribution in [0.5, 0.6) is 0 Å². The van der Waals surface area contributed by atoms with Crippen molar-refractivity contribution in [2.24, 2.45) is 0 Å². The molecule has 0 aliphatic heterocycles. The number of imidazole rings is 1. The number of pyridine rings is 1. The maximum Gasteiger partial charge on any atom is 0.139 e. The second kappa shape index (κ2) is 9.32. The van der Waals surface area contributed by atoms with Crippen molar-refractivity contribution in [1.29, 1.82) is 0 Å². The zero-order valence-corrected chi connectivity index (χ0v) is 17.7. The molecule has 148 valence electrons. The summed E-state index contributed by atoms with van der Waals surface area (Å²) in [5, 5.41) is 3.77. The van der Waals surface area contributed by atoms with Gasteiger partial charge in [-0.05, 0) is 51.0 Å². The van der Waals surface area contributed by atoms with E-state index in [1.165, 1.54) is 37.7 Å². The Morgan fingerprint density at radius 1 is 1.15 bits per heavy atom. The normalized spacial score (nSPS) is 11.6. The first-order chi connectivity index (χ1) is 12.5. The molecule has 4 nitrogen and oxygen atoms in total. The third-order valence-electron chi connectivity index (χ3n) is 4.94. The Bertz CT molecular complexity index is 837. The second-order valence-electron chi connectivity index (χ2n) is 7.93. The Morgan fingerprint density at radius 2 is 1.93 bits per heavy atom. The van der Waals surface area contributed by atoms with Crippen molar-refractivity contribution in [3.05, 3.63) is 42.5 Å². The highest BCUT2D eigenvalue weighted by molar-refractivity contribution is 5.85. The highest BCUT2D eigenvalue weighted by Crippen LogP contribution is 2.32. The minimum absolute atomic E-state index is 0. The molecule has 0 aliphatic rings. The first-order valence-electron chi connectivity index (χ1n) is 9.79. The van der Waals surface area contributed by atoms with Crippen LogP contribution >= 0.6 is 12.4 Å². The zero-order chi connectivity index (χ0) is 18.6. The molecule has 3 rings (SSSR count). The van der Waals surface area contributed by atoms with Gasteiger partial charge in [0.15, 0.2) is 0 Å². The highest BCUT2D eigenvalue weighted by Gasteiger charge is 2.23. The highest BCUT2D eigenvalue weighted by atomic mass is 35.5. The van der Waals surface area contributed by atoms with Gasteiger partial charge in [0.2, 0.25) is 0 Å². The first kappa shape index (κ1) is 21.4. The Kier molecular flexibility index (Phi) is 7.37. The van der Waals surface area contributed by atoms with Crippen molar-refractivity contribution < 1.29 is 4.42 Å². The summed E-state index contributed by atoms with van der Waals surface area (Å²) in [5.74, 6) is 1.04. The van der Waals surface area contributed by atoms with Gasteiger partial charge in [-0.25, -0.2) is 4.98 Å². The van der Waals surface area contributed by atoms with E-state index in [0.717, 1.165) is 29.1 Å². The Morgan fingerprint density at radius 3 is 2.63 bits per heavy atom. The lowest BCUT2D eigenvalue weighted by Gasteiger charge is -2.28. The Balaban J connectivity index is 0.00000261. The topological polar surface area (TPSA) is 42.5 Å². The molecule has 0 fully saturated rings. The molecule has 27 heavy (non-hydrogen) atoms. The summed E-state index contributed by atoms with van der Waals surface area (Å²) in [5.41, 5.74) is 4.13. The van der Waals surface area contributed by atoms with Crippen LogP contribution in [0.3, 0.4) is 0 Å². The number of halogens is 1. The number of nitrogens with one attached hydrogen (secondary N) is 1. The van der Waals surface area contributed by atoms with Crippen molar-refractivity contribution in [2.75, 3.05) is 5.32 Å². The van der Waals surface area contributed by atoms with E-state index in [2.05, 4.69) is 55.7 Å². The lowest BCUT2D eigenvalue weighted by atomic mass is 9.96. The van der Waals surface area contributed by atoms with Crippen molar-refractivity contribution >= 4 is 23.9 Å². The molecule has 0 spiro atoms. The minimum Gasteiger partial charge on any atom is -0.472 e. The molecular weight excluding hydrogens is 358 g/mol. The smallest absolute Gasteiger partial charge is 0.139 e. The van der Waals surface area contributed by atoms with Gasteiger partial charge in [-0.1, -0.05) is 39.0 Å². The predicted octanol–water partition coefficient (Wildman–Crippen LogP) is 6.88. The van der Waals surface area contributed by atoms with Gasteiger partial charge >= 0.3 is 0 Å². The van der Waals surface area contributed by atoms with Gasteiger partial charge in [-0.2, -0.15) is 0 Å². The fraction of sp³-hybridized carbons (Fsp3) is 0.500. The van der Waals surface area contributed by atoms with Crippen LogP contribution in [0.25, 0.3) is 16.9 Å². The van der Waals surface area contributed by atoms with E-state index < -0.39 is 0 Å². The van der Waals surface area contributed by atoms with E-state index in [1.807, 2.05) is 6.07 Å². The third kappa shape index (κ3) is 5.29. The number of hydrogen-bond donors (Lipinski definition) is 1. The lowest BCUT2D eigenvalue weighted by molar-refractivity contribution is 0.473. The zero-order valence-electron chi connectivity index (χ0n) is 16.9. The number of aromatic nitrogens is 2. The average molecular weight is 390 g/mol. The Hall–Kier alpha value is -1.94. The molecule has 0 radical (unpaired) electrons. The number of aryl methyl sites for hydroxylation is 1. The molecule has 0 aliphatic carbocycles. The molecule has 0 amide bonds. The van der Waals surface area contributed by atoms with Gasteiger partial charge in [0.25, 0.3) is 0 Å². The van der Waals surface area contributed by atoms with Gasteiger partial charge in [0.05, 0.1) is 12.5 Å². The van der Waals surface area contributed by atoms with Crippen LogP contribution in [0.1, 0.15) is 64.9 Å². The van der Waals surface area contributed by atoms with Crippen molar-refractivity contribution in [3.8, 4) is 11.3 Å². The van der Waals surface area contributed by atoms with Gasteiger partial charge in [-0.15, -0.1) is 12.4 Å². The maximum absolute atomic E-state index is 5.30. The lowest BCUT2D eigenvalue weighted by Crippen LogP contribution is -2.31. The van der Waals surface area contributed by atoms with Crippen LogP contribution in [-0.2, 0) is 0 Å². The van der Waals surface area contributed by atoms with Crippen LogP contribution in [0.2, 0.25) is 0 Å². The summed E-state index contributed by atoms with van der Waals surface area (Å²) in [7, 11) is 0. The molecule has 3 heterocycles. The molecule has 0 aromatic carbocycles. The van der Waals surface area contributed by atoms with Crippen LogP contribution in [-0.4, -0.2) is 14.9 Å². The largest absolute Gasteiger partial charge is 0.472 e. The third-order valence-corrected chi connectivity index (χ3v) is 4.94. The van der Waals surface area contributed by atoms with Crippen LogP contribution < -0.4 is 5.32 Å². The second-order valence-corrected chi connectivity index (χ2v) is 7.93. The minimum atomic E-state index is 0. The van der Waals surface area contributed by atoms with Crippen molar-refractivity contribution in [2.45, 2.75) is 71.8 Å². The average Bonchev–Trinajstić information content (AvgIpc) is 3.22. The van der Waals surface area contributed by atoms with E-state index in [-0.39, 0.29) is 17.9 Å². The van der Waals surface area contributed by atoms with Crippen LogP contribution in [0, 0.1) is 6.92 Å². The molecule has 0 bridgehead atoms. The number of unbranched alkanes of at least 4 members (excludes halogenated alkanes) is 4. The molecular formula is C22H32ClN3O. The van der Waals surface area contributed by atoms with Crippen LogP contribution in [0.15, 0.2) is 41.3 Å². The summed E-state index contributed by atoms with van der Waals surface area (Å²) in [6.45, 7) is 8.91. The van der Waals surface area contributed by atoms with E-state index in [0.29, 0.717) is 0 Å². The summed E-state index contributed by atoms with van der Waals surface area (Å²) < 4.78 is 7.45. The summed E-state index contributed by atoms with van der Waals surface area (Å²) in [6.07, 6.45) is 13.2. The molecule has 5 heteroatoms. The van der Waals surface area contributed by atoms with Gasteiger partial charge in [-0.3, -0.25) is 4.40 Å². The quantitative estimate of drug-likeness (QED) is 0.406. The number of furan rings is 1. The number of nitrogens with zero attached hydrogens (tertiary/aromatic N) is 2. The van der Waals surface area contributed by atoms with Crippen molar-refractivity contribution in [3.63, 3.8) is 0 Å². The van der Waals surface area contributed by atoms with Crippen molar-refractivity contribution in [1.82, 2.24) is 9.38 Å². The van der Waals surface area contributed by atoms with Gasteiger partial charge < -0.3 is 9.73 Å². The van der Waals surface area contributed by atoms with Crippen LogP contribution in [0.4, 0.5) is 5.82 Å². The molecule has 0 saturated heterocycles. The number of fused-ring (bicyclic) bond motifs is 1. The predicted molar refractivity (Wildman–Crippen MR) is 116 cm³/mol. The molecule has 3 aromatic rings. The van der Waals surface area contributed by atoms with E-state index in [4.69, 9.17) is 9.40 Å². The monoisotopic (exact) mass is 389 g/mol. The summed E-state index contributed by atoms with van der Waals surface area (Å²) in [4.78, 5) is 4.86. The fourth-order valence-electron chi connectivity index (χ4n) is 3.42.